The number of pyridine rings is 2. The molecule has 3 heterocycles. The van der Waals surface area contributed by atoms with Gasteiger partial charge in [0.15, 0.2) is 0 Å². The predicted octanol–water partition coefficient (Wildman–Crippen LogP) is 2.68. The molecule has 0 aromatic carbocycles. The van der Waals surface area contributed by atoms with Crippen LogP contribution >= 0.6 is 11.6 Å². The summed E-state index contributed by atoms with van der Waals surface area (Å²) in [6.45, 7) is 1.64. The zero-order valence-corrected chi connectivity index (χ0v) is 11.4. The number of nitrogens with zero attached hydrogens (tertiary/aromatic N) is 2. The maximum absolute atomic E-state index is 12.8. The van der Waals surface area contributed by atoms with E-state index in [1.54, 1.807) is 18.3 Å². The topological polar surface area (TPSA) is 47.0 Å². The van der Waals surface area contributed by atoms with Gasteiger partial charge >= 0.3 is 0 Å². The second-order valence-corrected chi connectivity index (χ2v) is 4.99. The number of hydrogen-bond acceptors (Lipinski definition) is 4. The second kappa shape index (κ2) is 5.73. The lowest BCUT2D eigenvalue weighted by Crippen LogP contribution is -2.46. The van der Waals surface area contributed by atoms with E-state index in [0.717, 1.165) is 13.0 Å². The van der Waals surface area contributed by atoms with Gasteiger partial charge in [0.1, 0.15) is 17.5 Å². The van der Waals surface area contributed by atoms with Crippen LogP contribution in [0.3, 0.4) is 0 Å². The van der Waals surface area contributed by atoms with Crippen LogP contribution in [0.4, 0.5) is 4.39 Å². The van der Waals surface area contributed by atoms with Gasteiger partial charge < -0.3 is 10.1 Å². The summed E-state index contributed by atoms with van der Waals surface area (Å²) < 4.78 is 18.5. The van der Waals surface area contributed by atoms with E-state index >= 15 is 0 Å². The number of ether oxygens (including phenoxy) is 1. The molecule has 104 valence electrons. The van der Waals surface area contributed by atoms with Gasteiger partial charge in [0.25, 0.3) is 0 Å². The quantitative estimate of drug-likeness (QED) is 0.881. The molecule has 1 saturated heterocycles. The summed E-state index contributed by atoms with van der Waals surface area (Å²) in [6, 6.07) is 5.10. The first-order valence-electron chi connectivity index (χ1n) is 6.36. The molecule has 0 spiro atoms. The van der Waals surface area contributed by atoms with Crippen molar-refractivity contribution >= 4 is 11.6 Å². The summed E-state index contributed by atoms with van der Waals surface area (Å²) in [5.41, 5.74) is 1.38. The number of hydrogen-bond donors (Lipinski definition) is 1. The fourth-order valence-electron chi connectivity index (χ4n) is 1.93. The Kier molecular flexibility index (Phi) is 3.80. The lowest BCUT2D eigenvalue weighted by Gasteiger charge is -2.27. The Morgan fingerprint density at radius 1 is 1.35 bits per heavy atom. The van der Waals surface area contributed by atoms with Crippen molar-refractivity contribution in [3.05, 3.63) is 41.7 Å². The van der Waals surface area contributed by atoms with E-state index in [1.165, 1.54) is 12.3 Å². The van der Waals surface area contributed by atoms with E-state index in [4.69, 9.17) is 16.3 Å². The van der Waals surface area contributed by atoms with E-state index in [1.807, 2.05) is 0 Å². The van der Waals surface area contributed by atoms with Crippen molar-refractivity contribution in [3.63, 3.8) is 0 Å². The highest BCUT2D eigenvalue weighted by molar-refractivity contribution is 6.32. The van der Waals surface area contributed by atoms with E-state index in [2.05, 4.69) is 15.3 Å². The molecule has 1 aliphatic heterocycles. The molecule has 0 amide bonds. The molecule has 20 heavy (non-hydrogen) atoms. The molecule has 1 aliphatic rings. The van der Waals surface area contributed by atoms with Crippen molar-refractivity contribution in [1.29, 1.82) is 0 Å². The Hall–Kier alpha value is -1.72. The second-order valence-electron chi connectivity index (χ2n) is 4.63. The van der Waals surface area contributed by atoms with Crippen molar-refractivity contribution in [2.45, 2.75) is 12.5 Å². The summed E-state index contributed by atoms with van der Waals surface area (Å²) in [5, 5.41) is 3.60. The van der Waals surface area contributed by atoms with Crippen molar-refractivity contribution in [3.8, 4) is 16.9 Å². The Morgan fingerprint density at radius 3 is 2.85 bits per heavy atom. The maximum atomic E-state index is 12.8. The van der Waals surface area contributed by atoms with Crippen LogP contribution in [0.1, 0.15) is 6.42 Å². The third-order valence-corrected chi connectivity index (χ3v) is 3.53. The molecule has 6 heteroatoms. The van der Waals surface area contributed by atoms with Gasteiger partial charge in [0.2, 0.25) is 5.95 Å². The monoisotopic (exact) mass is 293 g/mol. The molecular formula is C14H13ClFN3O. The predicted molar refractivity (Wildman–Crippen MR) is 74.3 cm³/mol. The Bertz CT molecular complexity index is 602. The number of rotatable bonds is 4. The molecule has 4 nitrogen and oxygen atoms in total. The van der Waals surface area contributed by atoms with Gasteiger partial charge in [-0.1, -0.05) is 11.6 Å². The Balaban J connectivity index is 1.80. The van der Waals surface area contributed by atoms with Crippen LogP contribution < -0.4 is 10.1 Å². The van der Waals surface area contributed by atoms with Gasteiger partial charge in [-0.15, -0.1) is 0 Å². The van der Waals surface area contributed by atoms with Crippen LogP contribution in [0.25, 0.3) is 11.1 Å². The standard InChI is InChI=1S/C14H13ClFN3O/c15-14-12(9-1-2-13(16)18-6-9)5-11(7-19-14)20-8-10-3-4-17-10/h1-2,5-7,10,17H,3-4,8H2/t10-/m0/s1. The van der Waals surface area contributed by atoms with Gasteiger partial charge in [-0.25, -0.2) is 9.97 Å². The fourth-order valence-corrected chi connectivity index (χ4v) is 2.15. The van der Waals surface area contributed by atoms with E-state index < -0.39 is 5.95 Å². The van der Waals surface area contributed by atoms with Crippen LogP contribution in [0.2, 0.25) is 5.15 Å². The first kappa shape index (κ1) is 13.3. The molecule has 2 aromatic heterocycles. The summed E-state index contributed by atoms with van der Waals surface area (Å²) in [4.78, 5) is 7.72. The van der Waals surface area contributed by atoms with Gasteiger partial charge in [-0.3, -0.25) is 0 Å². The first-order chi connectivity index (χ1) is 9.72. The zero-order valence-electron chi connectivity index (χ0n) is 10.6. The highest BCUT2D eigenvalue weighted by Crippen LogP contribution is 2.29. The summed E-state index contributed by atoms with van der Waals surface area (Å²) >= 11 is 6.07. The van der Waals surface area contributed by atoms with E-state index in [0.29, 0.717) is 34.7 Å². The van der Waals surface area contributed by atoms with Crippen molar-refractivity contribution in [2.75, 3.05) is 13.2 Å². The Labute approximate surface area is 121 Å². The molecule has 1 fully saturated rings. The van der Waals surface area contributed by atoms with Crippen molar-refractivity contribution in [2.24, 2.45) is 0 Å². The average Bonchev–Trinajstić information content (AvgIpc) is 2.40. The van der Waals surface area contributed by atoms with Crippen LogP contribution in [-0.4, -0.2) is 29.2 Å². The summed E-state index contributed by atoms with van der Waals surface area (Å²) in [7, 11) is 0. The van der Waals surface area contributed by atoms with Crippen LogP contribution in [0, 0.1) is 5.95 Å². The zero-order chi connectivity index (χ0) is 13.9. The first-order valence-corrected chi connectivity index (χ1v) is 6.74. The van der Waals surface area contributed by atoms with E-state index in [-0.39, 0.29) is 0 Å². The average molecular weight is 294 g/mol. The lowest BCUT2D eigenvalue weighted by molar-refractivity contribution is 0.217. The number of aromatic nitrogens is 2. The van der Waals surface area contributed by atoms with Crippen LogP contribution in [-0.2, 0) is 0 Å². The molecule has 0 aliphatic carbocycles. The van der Waals surface area contributed by atoms with Crippen LogP contribution in [0.15, 0.2) is 30.6 Å². The minimum atomic E-state index is -0.527. The molecule has 2 aromatic rings. The third kappa shape index (κ3) is 2.89. The molecule has 0 unspecified atom stereocenters. The highest BCUT2D eigenvalue weighted by Gasteiger charge is 2.17. The van der Waals surface area contributed by atoms with E-state index in [9.17, 15) is 4.39 Å². The molecule has 0 radical (unpaired) electrons. The fraction of sp³-hybridized carbons (Fsp3) is 0.286. The lowest BCUT2D eigenvalue weighted by atomic mass is 10.1. The SMILES string of the molecule is Fc1ccc(-c2cc(OC[C@@H]3CCN3)cnc2Cl)cn1. The highest BCUT2D eigenvalue weighted by atomic mass is 35.5. The maximum Gasteiger partial charge on any atom is 0.212 e. The van der Waals surface area contributed by atoms with Crippen molar-refractivity contribution in [1.82, 2.24) is 15.3 Å². The minimum absolute atomic E-state index is 0.340. The van der Waals surface area contributed by atoms with Gasteiger partial charge in [-0.2, -0.15) is 4.39 Å². The molecule has 1 atom stereocenters. The minimum Gasteiger partial charge on any atom is -0.490 e. The molecule has 1 N–H and O–H groups in total. The van der Waals surface area contributed by atoms with Gasteiger partial charge in [0, 0.05) is 23.4 Å². The molecule has 3 rings (SSSR count). The molecular weight excluding hydrogens is 281 g/mol. The van der Waals surface area contributed by atoms with Gasteiger partial charge in [0.05, 0.1) is 6.20 Å². The largest absolute Gasteiger partial charge is 0.490 e. The molecule has 0 saturated carbocycles. The van der Waals surface area contributed by atoms with Crippen LogP contribution in [0.5, 0.6) is 5.75 Å². The third-order valence-electron chi connectivity index (χ3n) is 3.23. The summed E-state index contributed by atoms with van der Waals surface area (Å²) in [6.07, 6.45) is 4.13. The normalized spacial score (nSPS) is 17.6. The van der Waals surface area contributed by atoms with Gasteiger partial charge in [-0.05, 0) is 31.2 Å². The summed E-state index contributed by atoms with van der Waals surface area (Å²) in [5.74, 6) is 0.115. The number of halogens is 2. The van der Waals surface area contributed by atoms with Crippen molar-refractivity contribution < 1.29 is 9.13 Å². The Morgan fingerprint density at radius 2 is 2.20 bits per heavy atom. The smallest absolute Gasteiger partial charge is 0.212 e. The molecule has 0 bridgehead atoms. The number of nitrogens with one attached hydrogen (secondary N) is 1.